The maximum Gasteiger partial charge on any atom is 0.340 e. The van der Waals surface area contributed by atoms with Gasteiger partial charge in [0, 0.05) is 11.4 Å². The first-order valence-corrected chi connectivity index (χ1v) is 7.59. The lowest BCUT2D eigenvalue weighted by molar-refractivity contribution is 0.0555. The Balaban J connectivity index is 2.79. The van der Waals surface area contributed by atoms with E-state index in [2.05, 4.69) is 9.47 Å². The molecule has 0 radical (unpaired) electrons. The van der Waals surface area contributed by atoms with Crippen molar-refractivity contribution in [2.45, 2.75) is 25.0 Å². The molecule has 7 nitrogen and oxygen atoms in total. The summed E-state index contributed by atoms with van der Waals surface area (Å²) in [5.74, 6) is -1.72. The Hall–Kier alpha value is -1.83. The fourth-order valence-corrected chi connectivity index (χ4v) is 4.06. The number of sulfone groups is 1. The molecule has 0 spiro atoms. The van der Waals surface area contributed by atoms with E-state index >= 15 is 0 Å². The minimum Gasteiger partial charge on any atom is -0.465 e. The van der Waals surface area contributed by atoms with E-state index in [9.17, 15) is 18.0 Å². The second-order valence-corrected chi connectivity index (χ2v) is 6.84. The SMILES string of the molecule is COC(=O)c1c(C(=O)OC)c2n(c1C)[C@@H](C)S(=O)(=O)C2. The fraction of sp³-hybridized carbons (Fsp3) is 0.500. The summed E-state index contributed by atoms with van der Waals surface area (Å²) in [4.78, 5) is 23.8. The monoisotopic (exact) mass is 301 g/mol. The van der Waals surface area contributed by atoms with E-state index in [1.165, 1.54) is 25.7 Å². The lowest BCUT2D eigenvalue weighted by Gasteiger charge is -2.09. The fourth-order valence-electron chi connectivity index (χ4n) is 2.55. The molecule has 1 atom stereocenters. The van der Waals surface area contributed by atoms with Crippen LogP contribution in [0.25, 0.3) is 0 Å². The Bertz CT molecular complexity index is 700. The predicted molar refractivity (Wildman–Crippen MR) is 69.2 cm³/mol. The number of nitrogens with zero attached hydrogens (tertiary/aromatic N) is 1. The molecule has 0 unspecified atom stereocenters. The Labute approximate surface area is 116 Å². The molecule has 20 heavy (non-hydrogen) atoms. The first-order valence-electron chi connectivity index (χ1n) is 5.88. The third kappa shape index (κ3) is 1.82. The van der Waals surface area contributed by atoms with Crippen molar-refractivity contribution in [3.63, 3.8) is 0 Å². The van der Waals surface area contributed by atoms with Crippen LogP contribution in [0.3, 0.4) is 0 Å². The molecule has 0 aliphatic carbocycles. The zero-order chi connectivity index (χ0) is 15.2. The number of esters is 2. The van der Waals surface area contributed by atoms with E-state index < -0.39 is 27.1 Å². The second kappa shape index (κ2) is 4.62. The number of carbonyl (C=O) groups excluding carboxylic acids is 2. The largest absolute Gasteiger partial charge is 0.465 e. The van der Waals surface area contributed by atoms with Crippen molar-refractivity contribution in [1.82, 2.24) is 4.57 Å². The van der Waals surface area contributed by atoms with Gasteiger partial charge in [-0.1, -0.05) is 0 Å². The van der Waals surface area contributed by atoms with Crippen molar-refractivity contribution in [1.29, 1.82) is 0 Å². The molecule has 0 bridgehead atoms. The maximum absolute atomic E-state index is 12.0. The molecule has 2 heterocycles. The summed E-state index contributed by atoms with van der Waals surface area (Å²) in [6, 6.07) is 0. The summed E-state index contributed by atoms with van der Waals surface area (Å²) in [7, 11) is -0.997. The molecule has 8 heteroatoms. The number of ether oxygens (including phenoxy) is 2. The van der Waals surface area contributed by atoms with Gasteiger partial charge in [-0.05, 0) is 13.8 Å². The zero-order valence-corrected chi connectivity index (χ0v) is 12.4. The summed E-state index contributed by atoms with van der Waals surface area (Å²) in [6.07, 6.45) is 0. The number of methoxy groups -OCH3 is 2. The number of aromatic nitrogens is 1. The van der Waals surface area contributed by atoms with E-state index in [1.807, 2.05) is 0 Å². The van der Waals surface area contributed by atoms with Gasteiger partial charge in [0.05, 0.1) is 31.1 Å². The number of rotatable bonds is 2. The van der Waals surface area contributed by atoms with Gasteiger partial charge in [0.15, 0.2) is 9.84 Å². The van der Waals surface area contributed by atoms with E-state index in [-0.39, 0.29) is 22.6 Å². The molecule has 1 aromatic heterocycles. The zero-order valence-electron chi connectivity index (χ0n) is 11.6. The van der Waals surface area contributed by atoms with Crippen LogP contribution in [0, 0.1) is 6.92 Å². The van der Waals surface area contributed by atoms with Gasteiger partial charge in [-0.25, -0.2) is 18.0 Å². The maximum atomic E-state index is 12.0. The summed E-state index contributed by atoms with van der Waals surface area (Å²) in [6.45, 7) is 3.10. The Morgan fingerprint density at radius 2 is 1.65 bits per heavy atom. The van der Waals surface area contributed by atoms with Crippen LogP contribution in [0.4, 0.5) is 0 Å². The molecule has 0 saturated carbocycles. The summed E-state index contributed by atoms with van der Waals surface area (Å²) < 4.78 is 34.7. The van der Waals surface area contributed by atoms with Crippen molar-refractivity contribution >= 4 is 21.8 Å². The summed E-state index contributed by atoms with van der Waals surface area (Å²) >= 11 is 0. The molecule has 1 aromatic rings. The van der Waals surface area contributed by atoms with Gasteiger partial charge in [-0.15, -0.1) is 0 Å². The molecule has 0 amide bonds. The highest BCUT2D eigenvalue weighted by molar-refractivity contribution is 7.90. The first kappa shape index (κ1) is 14.6. The van der Waals surface area contributed by atoms with Crippen molar-refractivity contribution in [2.75, 3.05) is 14.2 Å². The third-order valence-electron chi connectivity index (χ3n) is 3.55. The molecule has 0 N–H and O–H groups in total. The molecule has 1 aliphatic heterocycles. The predicted octanol–water partition coefficient (Wildman–Crippen LogP) is 0.817. The van der Waals surface area contributed by atoms with Gasteiger partial charge in [0.2, 0.25) is 0 Å². The van der Waals surface area contributed by atoms with Gasteiger partial charge in [0.25, 0.3) is 0 Å². The standard InChI is InChI=1S/C12H15NO6S/c1-6-9(11(14)18-3)10(12(15)19-4)8-5-20(16,17)7(2)13(6)8/h7H,5H2,1-4H3/t7-/m1/s1. The van der Waals surface area contributed by atoms with E-state index in [0.717, 1.165) is 0 Å². The quantitative estimate of drug-likeness (QED) is 0.751. The average molecular weight is 301 g/mol. The highest BCUT2D eigenvalue weighted by atomic mass is 32.2. The molecular formula is C12H15NO6S. The van der Waals surface area contributed by atoms with E-state index in [0.29, 0.717) is 5.69 Å². The van der Waals surface area contributed by atoms with Crippen LogP contribution >= 0.6 is 0 Å². The lowest BCUT2D eigenvalue weighted by atomic mass is 10.1. The minimum atomic E-state index is -3.37. The van der Waals surface area contributed by atoms with Gasteiger partial charge >= 0.3 is 11.9 Å². The van der Waals surface area contributed by atoms with Crippen LogP contribution in [0.5, 0.6) is 0 Å². The van der Waals surface area contributed by atoms with Crippen LogP contribution in [0.15, 0.2) is 0 Å². The molecule has 0 fully saturated rings. The number of fused-ring (bicyclic) bond motifs is 1. The van der Waals surface area contributed by atoms with Gasteiger partial charge in [-0.3, -0.25) is 0 Å². The Morgan fingerprint density at radius 3 is 2.15 bits per heavy atom. The van der Waals surface area contributed by atoms with Crippen molar-refractivity contribution in [2.24, 2.45) is 0 Å². The van der Waals surface area contributed by atoms with Gasteiger partial charge < -0.3 is 14.0 Å². The number of hydrogen-bond donors (Lipinski definition) is 0. The number of carbonyl (C=O) groups is 2. The summed E-state index contributed by atoms with van der Waals surface area (Å²) in [5.41, 5.74) is 0.712. The smallest absolute Gasteiger partial charge is 0.340 e. The molecule has 110 valence electrons. The Morgan fingerprint density at radius 1 is 1.15 bits per heavy atom. The average Bonchev–Trinajstić information content (AvgIpc) is 2.80. The topological polar surface area (TPSA) is 91.7 Å². The molecule has 1 aliphatic rings. The summed E-state index contributed by atoms with van der Waals surface area (Å²) in [5, 5.41) is -0.820. The van der Waals surface area contributed by atoms with Crippen molar-refractivity contribution in [3.05, 3.63) is 22.5 Å². The highest BCUT2D eigenvalue weighted by Gasteiger charge is 2.41. The first-order chi connectivity index (χ1) is 9.26. The van der Waals surface area contributed by atoms with Crippen LogP contribution in [0.2, 0.25) is 0 Å². The van der Waals surface area contributed by atoms with E-state index in [1.54, 1.807) is 6.92 Å². The Kier molecular flexibility index (Phi) is 3.37. The molecular weight excluding hydrogens is 286 g/mol. The van der Waals surface area contributed by atoms with Gasteiger partial charge in [0.1, 0.15) is 5.37 Å². The van der Waals surface area contributed by atoms with Crippen LogP contribution < -0.4 is 0 Å². The second-order valence-electron chi connectivity index (χ2n) is 4.54. The minimum absolute atomic E-state index is 0.0234. The van der Waals surface area contributed by atoms with E-state index in [4.69, 9.17) is 0 Å². The molecule has 0 saturated heterocycles. The third-order valence-corrected chi connectivity index (χ3v) is 5.48. The highest BCUT2D eigenvalue weighted by Crippen LogP contribution is 2.37. The normalized spacial score (nSPS) is 19.5. The van der Waals surface area contributed by atoms with Gasteiger partial charge in [-0.2, -0.15) is 0 Å². The molecule has 2 rings (SSSR count). The van der Waals surface area contributed by atoms with Crippen LogP contribution in [-0.4, -0.2) is 39.1 Å². The molecule has 0 aromatic carbocycles. The van der Waals surface area contributed by atoms with Crippen molar-refractivity contribution < 1.29 is 27.5 Å². The van der Waals surface area contributed by atoms with Crippen molar-refractivity contribution in [3.8, 4) is 0 Å². The number of hydrogen-bond acceptors (Lipinski definition) is 6. The van der Waals surface area contributed by atoms with Crippen LogP contribution in [-0.2, 0) is 25.1 Å². The van der Waals surface area contributed by atoms with Crippen LogP contribution in [0.1, 0.15) is 44.4 Å². The lowest BCUT2D eigenvalue weighted by Crippen LogP contribution is -2.14.